The van der Waals surface area contributed by atoms with Gasteiger partial charge in [0.15, 0.2) is 0 Å². The fourth-order valence-electron chi connectivity index (χ4n) is 3.54. The molecule has 2 aliphatic rings. The molecule has 0 bridgehead atoms. The number of fused-ring (bicyclic) bond motifs is 1. The Balaban J connectivity index is 1.54. The summed E-state index contributed by atoms with van der Waals surface area (Å²) in [6.07, 6.45) is 7.16. The van der Waals surface area contributed by atoms with E-state index in [0.717, 1.165) is 24.3 Å². The van der Waals surface area contributed by atoms with Crippen LogP contribution in [0.3, 0.4) is 0 Å². The molecule has 1 heterocycles. The first-order chi connectivity index (χ1) is 9.83. The topological polar surface area (TPSA) is 38.3 Å². The van der Waals surface area contributed by atoms with E-state index >= 15 is 0 Å². The molecule has 3 atom stereocenters. The molecule has 1 aliphatic heterocycles. The monoisotopic (exact) mass is 273 g/mol. The predicted molar refractivity (Wildman–Crippen MR) is 78.1 cm³/mol. The largest absolute Gasteiger partial charge is 0.460 e. The summed E-state index contributed by atoms with van der Waals surface area (Å²) in [5, 5.41) is 3.54. The number of hydrogen-bond donors (Lipinski definition) is 1. The molecule has 1 aromatic carbocycles. The van der Waals surface area contributed by atoms with Crippen LogP contribution in [0, 0.1) is 5.92 Å². The lowest BCUT2D eigenvalue weighted by Crippen LogP contribution is -2.43. The van der Waals surface area contributed by atoms with Crippen LogP contribution in [0.25, 0.3) is 0 Å². The first kappa shape index (κ1) is 13.6. The van der Waals surface area contributed by atoms with Crippen molar-refractivity contribution in [2.75, 3.05) is 0 Å². The normalized spacial score (nSPS) is 29.5. The minimum absolute atomic E-state index is 0.0820. The van der Waals surface area contributed by atoms with E-state index < -0.39 is 0 Å². The summed E-state index contributed by atoms with van der Waals surface area (Å²) in [6.45, 7) is 0.381. The first-order valence-electron chi connectivity index (χ1n) is 7.79. The highest BCUT2D eigenvalue weighted by molar-refractivity contribution is 5.75. The maximum absolute atomic E-state index is 12.2. The molecule has 20 heavy (non-hydrogen) atoms. The average Bonchev–Trinajstić information content (AvgIpc) is 2.83. The van der Waals surface area contributed by atoms with Gasteiger partial charge >= 0.3 is 5.97 Å². The van der Waals surface area contributed by atoms with Gasteiger partial charge in [-0.2, -0.15) is 0 Å². The van der Waals surface area contributed by atoms with Gasteiger partial charge in [-0.15, -0.1) is 0 Å². The highest BCUT2D eigenvalue weighted by Crippen LogP contribution is 2.32. The van der Waals surface area contributed by atoms with Gasteiger partial charge in [0.1, 0.15) is 12.6 Å². The smallest absolute Gasteiger partial charge is 0.323 e. The Hall–Kier alpha value is -1.35. The zero-order valence-corrected chi connectivity index (χ0v) is 11.9. The third-order valence-corrected chi connectivity index (χ3v) is 4.65. The van der Waals surface area contributed by atoms with E-state index in [0.29, 0.717) is 12.6 Å². The van der Waals surface area contributed by atoms with Crippen molar-refractivity contribution < 1.29 is 9.53 Å². The summed E-state index contributed by atoms with van der Waals surface area (Å²) in [4.78, 5) is 12.2. The number of rotatable bonds is 3. The molecule has 3 nitrogen and oxygen atoms in total. The maximum atomic E-state index is 12.2. The fourth-order valence-corrected chi connectivity index (χ4v) is 3.54. The minimum Gasteiger partial charge on any atom is -0.460 e. The van der Waals surface area contributed by atoms with E-state index in [9.17, 15) is 4.79 Å². The van der Waals surface area contributed by atoms with Gasteiger partial charge in [-0.1, -0.05) is 43.2 Å². The molecule has 2 fully saturated rings. The Morgan fingerprint density at radius 1 is 1.10 bits per heavy atom. The van der Waals surface area contributed by atoms with Gasteiger partial charge in [-0.25, -0.2) is 0 Å². The van der Waals surface area contributed by atoms with Crippen molar-refractivity contribution in [3.05, 3.63) is 35.9 Å². The lowest BCUT2D eigenvalue weighted by molar-refractivity contribution is -0.147. The molecule has 0 radical (unpaired) electrons. The second-order valence-electron chi connectivity index (χ2n) is 6.04. The van der Waals surface area contributed by atoms with Crippen molar-refractivity contribution >= 4 is 5.97 Å². The van der Waals surface area contributed by atoms with E-state index in [1.165, 1.54) is 25.7 Å². The molecule has 1 N–H and O–H groups in total. The lowest BCUT2D eigenvalue weighted by atomic mass is 9.99. The Labute approximate surface area is 120 Å². The van der Waals surface area contributed by atoms with E-state index in [1.807, 2.05) is 30.3 Å². The highest BCUT2D eigenvalue weighted by atomic mass is 16.5. The van der Waals surface area contributed by atoms with Gasteiger partial charge in [-0.3, -0.25) is 4.79 Å². The summed E-state index contributed by atoms with van der Waals surface area (Å²) < 4.78 is 5.47. The molecule has 3 heteroatoms. The van der Waals surface area contributed by atoms with E-state index in [2.05, 4.69) is 5.32 Å². The van der Waals surface area contributed by atoms with Crippen LogP contribution < -0.4 is 5.32 Å². The zero-order valence-electron chi connectivity index (χ0n) is 11.9. The Morgan fingerprint density at radius 3 is 2.65 bits per heavy atom. The highest BCUT2D eigenvalue weighted by Gasteiger charge is 2.34. The molecule has 0 amide bonds. The first-order valence-corrected chi connectivity index (χ1v) is 7.79. The second kappa shape index (κ2) is 6.40. The van der Waals surface area contributed by atoms with Crippen LogP contribution in [0.15, 0.2) is 30.3 Å². The summed E-state index contributed by atoms with van der Waals surface area (Å²) in [5.74, 6) is 0.698. The summed E-state index contributed by atoms with van der Waals surface area (Å²) in [7, 11) is 0. The Morgan fingerprint density at radius 2 is 1.85 bits per heavy atom. The van der Waals surface area contributed by atoms with Gasteiger partial charge in [0.25, 0.3) is 0 Å². The van der Waals surface area contributed by atoms with Crippen molar-refractivity contribution in [3.63, 3.8) is 0 Å². The van der Waals surface area contributed by atoms with Gasteiger partial charge < -0.3 is 10.1 Å². The van der Waals surface area contributed by atoms with Crippen LogP contribution in [0.2, 0.25) is 0 Å². The third-order valence-electron chi connectivity index (χ3n) is 4.65. The molecule has 1 saturated heterocycles. The number of esters is 1. The van der Waals surface area contributed by atoms with Gasteiger partial charge in [0.05, 0.1) is 0 Å². The second-order valence-corrected chi connectivity index (χ2v) is 6.04. The molecular weight excluding hydrogens is 250 g/mol. The quantitative estimate of drug-likeness (QED) is 0.860. The van der Waals surface area contributed by atoms with Crippen LogP contribution in [-0.4, -0.2) is 18.1 Å². The summed E-state index contributed by atoms with van der Waals surface area (Å²) in [5.41, 5.74) is 1.05. The zero-order chi connectivity index (χ0) is 13.8. The molecule has 108 valence electrons. The van der Waals surface area contributed by atoms with Crippen LogP contribution in [0.1, 0.15) is 44.1 Å². The van der Waals surface area contributed by atoms with Gasteiger partial charge in [0.2, 0.25) is 0 Å². The lowest BCUT2D eigenvalue weighted by Gasteiger charge is -2.21. The van der Waals surface area contributed by atoms with E-state index in [4.69, 9.17) is 4.74 Å². The Bertz CT molecular complexity index is 446. The molecule has 1 aromatic rings. The van der Waals surface area contributed by atoms with Crippen molar-refractivity contribution in [1.29, 1.82) is 0 Å². The molecule has 3 rings (SSSR count). The number of carbonyl (C=O) groups is 1. The van der Waals surface area contributed by atoms with Crippen molar-refractivity contribution in [3.8, 4) is 0 Å². The van der Waals surface area contributed by atoms with Crippen LogP contribution >= 0.6 is 0 Å². The SMILES string of the molecule is O=C(OCc1ccccc1)C1CCCC2CCCC2N1. The number of hydrogen-bond acceptors (Lipinski definition) is 3. The predicted octanol–water partition coefficient (Wildman–Crippen LogP) is 3.04. The van der Waals surface area contributed by atoms with Gasteiger partial charge in [0, 0.05) is 6.04 Å². The van der Waals surface area contributed by atoms with Crippen molar-refractivity contribution in [2.45, 2.75) is 57.2 Å². The van der Waals surface area contributed by atoms with Crippen LogP contribution in [0.4, 0.5) is 0 Å². The standard InChI is InChI=1S/C17H23NO2/c19-17(20-12-13-6-2-1-3-7-13)16-11-5-9-14-8-4-10-15(14)18-16/h1-3,6-7,14-16,18H,4-5,8-12H2. The molecule has 0 spiro atoms. The number of benzene rings is 1. The van der Waals surface area contributed by atoms with Crippen LogP contribution in [-0.2, 0) is 16.1 Å². The average molecular weight is 273 g/mol. The molecule has 3 unspecified atom stereocenters. The van der Waals surface area contributed by atoms with Crippen LogP contribution in [0.5, 0.6) is 0 Å². The van der Waals surface area contributed by atoms with Gasteiger partial charge in [-0.05, 0) is 37.2 Å². The number of ether oxygens (including phenoxy) is 1. The molecular formula is C17H23NO2. The molecule has 1 saturated carbocycles. The van der Waals surface area contributed by atoms with Crippen molar-refractivity contribution in [1.82, 2.24) is 5.32 Å². The summed E-state index contributed by atoms with van der Waals surface area (Å²) >= 11 is 0. The Kier molecular flexibility index (Phi) is 4.36. The van der Waals surface area contributed by atoms with E-state index in [-0.39, 0.29) is 12.0 Å². The fraction of sp³-hybridized carbons (Fsp3) is 0.588. The molecule has 0 aromatic heterocycles. The van der Waals surface area contributed by atoms with Crippen molar-refractivity contribution in [2.24, 2.45) is 5.92 Å². The molecule has 1 aliphatic carbocycles. The minimum atomic E-state index is -0.105. The summed E-state index contributed by atoms with van der Waals surface area (Å²) in [6, 6.07) is 10.3. The number of carbonyl (C=O) groups excluding carboxylic acids is 1. The third kappa shape index (κ3) is 3.21. The van der Waals surface area contributed by atoms with E-state index in [1.54, 1.807) is 0 Å². The maximum Gasteiger partial charge on any atom is 0.323 e. The number of nitrogens with one attached hydrogen (secondary N) is 1.